The smallest absolute Gasteiger partial charge is 0.314 e. The molecule has 0 aromatic carbocycles. The SMILES string of the molecule is CC(CCCC(F)(F)F)NCC1CCN(C)C1. The number of nitrogens with zero attached hydrogens (tertiary/aromatic N) is 1. The molecular weight excluding hydrogens is 229 g/mol. The summed E-state index contributed by atoms with van der Waals surface area (Å²) in [4.78, 5) is 2.29. The Morgan fingerprint density at radius 3 is 2.65 bits per heavy atom. The third-order valence-corrected chi connectivity index (χ3v) is 3.34. The van der Waals surface area contributed by atoms with Crippen LogP contribution in [0.2, 0.25) is 0 Å². The third-order valence-electron chi connectivity index (χ3n) is 3.34. The molecule has 1 saturated heterocycles. The second kappa shape index (κ2) is 6.59. The van der Waals surface area contributed by atoms with Gasteiger partial charge in [-0.25, -0.2) is 0 Å². The minimum Gasteiger partial charge on any atom is -0.314 e. The van der Waals surface area contributed by atoms with E-state index in [1.165, 1.54) is 6.42 Å². The predicted molar refractivity (Wildman–Crippen MR) is 63.0 cm³/mol. The van der Waals surface area contributed by atoms with Gasteiger partial charge >= 0.3 is 6.18 Å². The van der Waals surface area contributed by atoms with Gasteiger partial charge in [0.1, 0.15) is 0 Å². The Labute approximate surface area is 102 Å². The molecule has 1 aliphatic rings. The maximum absolute atomic E-state index is 12.0. The summed E-state index contributed by atoms with van der Waals surface area (Å²) in [7, 11) is 2.10. The summed E-state index contributed by atoms with van der Waals surface area (Å²) in [6, 6.07) is 0.184. The highest BCUT2D eigenvalue weighted by Crippen LogP contribution is 2.22. The van der Waals surface area contributed by atoms with Crippen LogP contribution in [0.25, 0.3) is 0 Å². The molecule has 0 aliphatic carbocycles. The Balaban J connectivity index is 2.03. The Hall–Kier alpha value is -0.290. The van der Waals surface area contributed by atoms with Crippen LogP contribution in [-0.2, 0) is 0 Å². The first-order chi connectivity index (χ1) is 7.87. The maximum Gasteiger partial charge on any atom is 0.389 e. The molecule has 1 fully saturated rings. The molecule has 0 radical (unpaired) electrons. The van der Waals surface area contributed by atoms with E-state index < -0.39 is 12.6 Å². The van der Waals surface area contributed by atoms with Crippen LogP contribution in [-0.4, -0.2) is 43.8 Å². The normalized spacial score (nSPS) is 24.2. The molecule has 1 rings (SSSR count). The minimum absolute atomic E-state index is 0.184. The number of halogens is 3. The van der Waals surface area contributed by atoms with Crippen molar-refractivity contribution in [1.82, 2.24) is 10.2 Å². The van der Waals surface area contributed by atoms with E-state index in [1.54, 1.807) is 0 Å². The lowest BCUT2D eigenvalue weighted by Crippen LogP contribution is -2.32. The Kier molecular flexibility index (Phi) is 5.73. The summed E-state index contributed by atoms with van der Waals surface area (Å²) < 4.78 is 35.9. The molecule has 2 nitrogen and oxygen atoms in total. The number of hydrogen-bond acceptors (Lipinski definition) is 2. The first-order valence-electron chi connectivity index (χ1n) is 6.35. The molecule has 1 heterocycles. The highest BCUT2D eigenvalue weighted by atomic mass is 19.4. The van der Waals surface area contributed by atoms with Gasteiger partial charge in [0.15, 0.2) is 0 Å². The summed E-state index contributed by atoms with van der Waals surface area (Å²) in [6.45, 7) is 5.13. The number of alkyl halides is 3. The third kappa shape index (κ3) is 6.88. The molecule has 5 heteroatoms. The van der Waals surface area contributed by atoms with Crippen LogP contribution in [0.4, 0.5) is 13.2 Å². The van der Waals surface area contributed by atoms with Gasteiger partial charge in [-0.15, -0.1) is 0 Å². The van der Waals surface area contributed by atoms with Crippen LogP contribution < -0.4 is 5.32 Å². The van der Waals surface area contributed by atoms with Crippen molar-refractivity contribution < 1.29 is 13.2 Å². The zero-order valence-electron chi connectivity index (χ0n) is 10.7. The van der Waals surface area contributed by atoms with Crippen LogP contribution in [0.1, 0.15) is 32.6 Å². The van der Waals surface area contributed by atoms with Gasteiger partial charge in [0, 0.05) is 19.0 Å². The van der Waals surface area contributed by atoms with Gasteiger partial charge in [-0.2, -0.15) is 13.2 Å². The predicted octanol–water partition coefficient (Wildman–Crippen LogP) is 2.65. The van der Waals surface area contributed by atoms with Crippen LogP contribution in [0.15, 0.2) is 0 Å². The summed E-state index contributed by atoms with van der Waals surface area (Å²) in [6.07, 6.45) is -2.65. The molecule has 1 aliphatic heterocycles. The van der Waals surface area contributed by atoms with Gasteiger partial charge in [-0.3, -0.25) is 0 Å². The van der Waals surface area contributed by atoms with Gasteiger partial charge < -0.3 is 10.2 Å². The standard InChI is InChI=1S/C12H23F3N2/c1-10(4-3-6-12(13,14)15)16-8-11-5-7-17(2)9-11/h10-11,16H,3-9H2,1-2H3. The lowest BCUT2D eigenvalue weighted by atomic mass is 10.1. The Bertz CT molecular complexity index is 218. The molecule has 0 spiro atoms. The van der Waals surface area contributed by atoms with Gasteiger partial charge in [0.25, 0.3) is 0 Å². The molecule has 0 saturated carbocycles. The van der Waals surface area contributed by atoms with E-state index in [4.69, 9.17) is 0 Å². The highest BCUT2D eigenvalue weighted by Gasteiger charge is 2.26. The molecule has 2 unspecified atom stereocenters. The van der Waals surface area contributed by atoms with Crippen molar-refractivity contribution in [3.63, 3.8) is 0 Å². The number of likely N-dealkylation sites (tertiary alicyclic amines) is 1. The Morgan fingerprint density at radius 1 is 1.41 bits per heavy atom. The van der Waals surface area contributed by atoms with E-state index in [1.807, 2.05) is 6.92 Å². The highest BCUT2D eigenvalue weighted by molar-refractivity contribution is 4.76. The lowest BCUT2D eigenvalue weighted by Gasteiger charge is -2.17. The molecule has 1 N–H and O–H groups in total. The van der Waals surface area contributed by atoms with Gasteiger partial charge in [0.2, 0.25) is 0 Å². The molecule has 0 amide bonds. The van der Waals surface area contributed by atoms with Gasteiger partial charge in [-0.05, 0) is 52.2 Å². The summed E-state index contributed by atoms with van der Waals surface area (Å²) in [5, 5.41) is 3.34. The second-order valence-corrected chi connectivity index (χ2v) is 5.23. The van der Waals surface area contributed by atoms with E-state index >= 15 is 0 Å². The molecule has 0 bridgehead atoms. The first kappa shape index (κ1) is 14.8. The van der Waals surface area contributed by atoms with Crippen molar-refractivity contribution >= 4 is 0 Å². The van der Waals surface area contributed by atoms with Crippen molar-refractivity contribution in [1.29, 1.82) is 0 Å². The van der Waals surface area contributed by atoms with Crippen LogP contribution in [0.5, 0.6) is 0 Å². The molecule has 0 aromatic heterocycles. The fourth-order valence-corrected chi connectivity index (χ4v) is 2.27. The van der Waals surface area contributed by atoms with E-state index in [0.717, 1.165) is 19.6 Å². The van der Waals surface area contributed by atoms with E-state index in [0.29, 0.717) is 12.3 Å². The quantitative estimate of drug-likeness (QED) is 0.782. The Morgan fingerprint density at radius 2 is 2.12 bits per heavy atom. The van der Waals surface area contributed by atoms with Crippen LogP contribution in [0.3, 0.4) is 0 Å². The zero-order chi connectivity index (χ0) is 12.9. The van der Waals surface area contributed by atoms with E-state index in [9.17, 15) is 13.2 Å². The van der Waals surface area contributed by atoms with E-state index in [-0.39, 0.29) is 12.5 Å². The molecule has 0 aromatic rings. The fourth-order valence-electron chi connectivity index (χ4n) is 2.27. The summed E-state index contributed by atoms with van der Waals surface area (Å²) >= 11 is 0. The minimum atomic E-state index is -4.01. The van der Waals surface area contributed by atoms with E-state index in [2.05, 4.69) is 17.3 Å². The van der Waals surface area contributed by atoms with Crippen molar-refractivity contribution in [3.8, 4) is 0 Å². The molecular formula is C12H23F3N2. The summed E-state index contributed by atoms with van der Waals surface area (Å²) in [5.41, 5.74) is 0. The largest absolute Gasteiger partial charge is 0.389 e. The molecule has 102 valence electrons. The van der Waals surface area contributed by atoms with Crippen molar-refractivity contribution in [2.75, 3.05) is 26.7 Å². The molecule has 2 atom stereocenters. The van der Waals surface area contributed by atoms with Crippen LogP contribution in [0, 0.1) is 5.92 Å². The monoisotopic (exact) mass is 252 g/mol. The van der Waals surface area contributed by atoms with Crippen molar-refractivity contribution in [3.05, 3.63) is 0 Å². The van der Waals surface area contributed by atoms with Crippen molar-refractivity contribution in [2.24, 2.45) is 5.92 Å². The van der Waals surface area contributed by atoms with Crippen LogP contribution >= 0.6 is 0 Å². The van der Waals surface area contributed by atoms with Crippen molar-refractivity contribution in [2.45, 2.75) is 44.8 Å². The number of hydrogen-bond donors (Lipinski definition) is 1. The second-order valence-electron chi connectivity index (χ2n) is 5.23. The topological polar surface area (TPSA) is 15.3 Å². The average Bonchev–Trinajstić information content (AvgIpc) is 2.59. The lowest BCUT2D eigenvalue weighted by molar-refractivity contribution is -0.135. The number of rotatable bonds is 6. The summed E-state index contributed by atoms with van der Waals surface area (Å²) in [5.74, 6) is 0.657. The zero-order valence-corrected chi connectivity index (χ0v) is 10.7. The maximum atomic E-state index is 12.0. The average molecular weight is 252 g/mol. The first-order valence-corrected chi connectivity index (χ1v) is 6.35. The van der Waals surface area contributed by atoms with Gasteiger partial charge in [0.05, 0.1) is 0 Å². The molecule has 17 heavy (non-hydrogen) atoms. The fraction of sp³-hybridized carbons (Fsp3) is 1.00. The van der Waals surface area contributed by atoms with Gasteiger partial charge in [-0.1, -0.05) is 0 Å². The number of nitrogens with one attached hydrogen (secondary N) is 1.